The van der Waals surface area contributed by atoms with Crippen LogP contribution in [0.15, 0.2) is 30.6 Å². The van der Waals surface area contributed by atoms with Crippen LogP contribution < -0.4 is 0 Å². The molecular weight excluding hydrogens is 276 g/mol. The topological polar surface area (TPSA) is 55.1 Å². The molecule has 0 radical (unpaired) electrons. The molecule has 0 saturated heterocycles. The van der Waals surface area contributed by atoms with E-state index >= 15 is 0 Å². The number of nitrogens with zero attached hydrogens (tertiary/aromatic N) is 2. The highest BCUT2D eigenvalue weighted by Crippen LogP contribution is 2.35. The number of hydrogen-bond donors (Lipinski definition) is 1. The lowest BCUT2D eigenvalue weighted by Crippen LogP contribution is -2.23. The lowest BCUT2D eigenvalue weighted by Gasteiger charge is -2.28. The van der Waals surface area contributed by atoms with Gasteiger partial charge in [0, 0.05) is 24.0 Å². The summed E-state index contributed by atoms with van der Waals surface area (Å²) in [6.07, 6.45) is 7.19. The van der Waals surface area contributed by atoms with E-state index in [0.717, 1.165) is 37.1 Å². The highest BCUT2D eigenvalue weighted by molar-refractivity contribution is 5.70. The summed E-state index contributed by atoms with van der Waals surface area (Å²) in [6.45, 7) is 4.23. The van der Waals surface area contributed by atoms with E-state index in [-0.39, 0.29) is 5.92 Å². The van der Waals surface area contributed by atoms with Gasteiger partial charge >= 0.3 is 5.97 Å². The Kier molecular flexibility index (Phi) is 4.01. The smallest absolute Gasteiger partial charge is 0.306 e. The molecule has 22 heavy (non-hydrogen) atoms. The molecule has 3 rings (SSSR count). The maximum Gasteiger partial charge on any atom is 0.306 e. The van der Waals surface area contributed by atoms with Crippen LogP contribution in [-0.4, -0.2) is 20.6 Å². The lowest BCUT2D eigenvalue weighted by molar-refractivity contribution is -0.143. The molecule has 1 aliphatic rings. The third kappa shape index (κ3) is 2.78. The van der Waals surface area contributed by atoms with Crippen LogP contribution in [0.25, 0.3) is 11.4 Å². The fourth-order valence-corrected chi connectivity index (χ4v) is 3.31. The van der Waals surface area contributed by atoms with Gasteiger partial charge in [-0.05, 0) is 56.7 Å². The first-order chi connectivity index (χ1) is 10.6. The van der Waals surface area contributed by atoms with Crippen LogP contribution in [0, 0.1) is 19.8 Å². The predicted octanol–water partition coefficient (Wildman–Crippen LogP) is 3.98. The van der Waals surface area contributed by atoms with Crippen molar-refractivity contribution < 1.29 is 9.90 Å². The summed E-state index contributed by atoms with van der Waals surface area (Å²) in [5.74, 6) is 0.158. The quantitative estimate of drug-likeness (QED) is 0.932. The van der Waals surface area contributed by atoms with Crippen LogP contribution in [0.4, 0.5) is 0 Å². The van der Waals surface area contributed by atoms with Crippen molar-refractivity contribution in [3.63, 3.8) is 0 Å². The van der Waals surface area contributed by atoms with Gasteiger partial charge in [0.15, 0.2) is 0 Å². The van der Waals surface area contributed by atoms with E-state index < -0.39 is 5.97 Å². The zero-order chi connectivity index (χ0) is 15.7. The fraction of sp³-hybridized carbons (Fsp3) is 0.444. The van der Waals surface area contributed by atoms with Gasteiger partial charge in [-0.25, -0.2) is 4.98 Å². The van der Waals surface area contributed by atoms with Crippen molar-refractivity contribution in [2.75, 3.05) is 0 Å². The minimum atomic E-state index is -0.654. The zero-order valence-electron chi connectivity index (χ0n) is 13.1. The Hall–Kier alpha value is -2.10. The molecule has 4 nitrogen and oxygen atoms in total. The van der Waals surface area contributed by atoms with Crippen molar-refractivity contribution in [1.82, 2.24) is 9.55 Å². The maximum atomic E-state index is 11.1. The monoisotopic (exact) mass is 298 g/mol. The number of carbonyl (C=O) groups is 1. The number of aryl methyl sites for hydroxylation is 2. The molecule has 1 fully saturated rings. The summed E-state index contributed by atoms with van der Waals surface area (Å²) in [7, 11) is 0. The SMILES string of the molecule is Cc1ccc(-c2nccn2C2CCC(C(=O)O)CC2)cc1C. The summed E-state index contributed by atoms with van der Waals surface area (Å²) in [6, 6.07) is 6.78. The van der Waals surface area contributed by atoms with E-state index in [2.05, 4.69) is 41.6 Å². The Balaban J connectivity index is 1.84. The van der Waals surface area contributed by atoms with Crippen LogP contribution in [-0.2, 0) is 4.79 Å². The molecule has 0 bridgehead atoms. The van der Waals surface area contributed by atoms with Crippen LogP contribution in [0.2, 0.25) is 0 Å². The van der Waals surface area contributed by atoms with E-state index in [0.29, 0.717) is 6.04 Å². The highest BCUT2D eigenvalue weighted by Gasteiger charge is 2.27. The molecule has 0 atom stereocenters. The number of carboxylic acids is 1. The van der Waals surface area contributed by atoms with Crippen molar-refractivity contribution in [2.45, 2.75) is 45.6 Å². The molecule has 1 saturated carbocycles. The van der Waals surface area contributed by atoms with Crippen molar-refractivity contribution in [1.29, 1.82) is 0 Å². The van der Waals surface area contributed by atoms with Gasteiger partial charge in [0.2, 0.25) is 0 Å². The largest absolute Gasteiger partial charge is 0.481 e. The highest BCUT2D eigenvalue weighted by atomic mass is 16.4. The van der Waals surface area contributed by atoms with Gasteiger partial charge in [-0.1, -0.05) is 12.1 Å². The predicted molar refractivity (Wildman–Crippen MR) is 85.8 cm³/mol. The van der Waals surface area contributed by atoms with E-state index in [1.165, 1.54) is 11.1 Å². The lowest BCUT2D eigenvalue weighted by atomic mass is 9.86. The Morgan fingerprint density at radius 3 is 2.55 bits per heavy atom. The maximum absolute atomic E-state index is 11.1. The number of aliphatic carboxylic acids is 1. The van der Waals surface area contributed by atoms with E-state index in [9.17, 15) is 4.79 Å². The Labute approximate surface area is 130 Å². The number of imidazole rings is 1. The Morgan fingerprint density at radius 1 is 1.18 bits per heavy atom. The summed E-state index contributed by atoms with van der Waals surface area (Å²) in [5, 5.41) is 9.13. The fourth-order valence-electron chi connectivity index (χ4n) is 3.31. The van der Waals surface area contributed by atoms with Crippen molar-refractivity contribution in [3.05, 3.63) is 41.7 Å². The number of rotatable bonds is 3. The van der Waals surface area contributed by atoms with Gasteiger partial charge in [0.25, 0.3) is 0 Å². The first-order valence-corrected chi connectivity index (χ1v) is 7.89. The second kappa shape index (κ2) is 5.95. The summed E-state index contributed by atoms with van der Waals surface area (Å²) >= 11 is 0. The normalized spacial score (nSPS) is 21.7. The van der Waals surface area contributed by atoms with Crippen molar-refractivity contribution >= 4 is 5.97 Å². The summed E-state index contributed by atoms with van der Waals surface area (Å²) < 4.78 is 2.22. The van der Waals surface area contributed by atoms with Crippen LogP contribution in [0.1, 0.15) is 42.9 Å². The Morgan fingerprint density at radius 2 is 1.91 bits per heavy atom. The summed E-state index contributed by atoms with van der Waals surface area (Å²) in [5.41, 5.74) is 3.68. The third-order valence-corrected chi connectivity index (χ3v) is 4.87. The van der Waals surface area contributed by atoms with E-state index in [1.807, 2.05) is 12.4 Å². The summed E-state index contributed by atoms with van der Waals surface area (Å²) in [4.78, 5) is 15.6. The van der Waals surface area contributed by atoms with Gasteiger partial charge in [0.05, 0.1) is 5.92 Å². The molecule has 1 aliphatic carbocycles. The minimum Gasteiger partial charge on any atom is -0.481 e. The molecule has 4 heteroatoms. The molecular formula is C18H22N2O2. The third-order valence-electron chi connectivity index (χ3n) is 4.87. The molecule has 1 heterocycles. The van der Waals surface area contributed by atoms with Crippen LogP contribution in [0.5, 0.6) is 0 Å². The number of aromatic nitrogens is 2. The average Bonchev–Trinajstić information content (AvgIpc) is 2.99. The number of carboxylic acid groups (broad SMARTS) is 1. The first kappa shape index (κ1) is 14.8. The van der Waals surface area contributed by atoms with Crippen molar-refractivity contribution in [3.8, 4) is 11.4 Å². The molecule has 1 aromatic carbocycles. The standard InChI is InChI=1S/C18H22N2O2/c1-12-3-4-15(11-13(12)2)17-19-9-10-20(17)16-7-5-14(6-8-16)18(21)22/h3-4,9-11,14,16H,5-8H2,1-2H3,(H,21,22). The Bertz CT molecular complexity index is 682. The molecule has 0 spiro atoms. The molecule has 2 aromatic rings. The van der Waals surface area contributed by atoms with Crippen molar-refractivity contribution in [2.24, 2.45) is 5.92 Å². The molecule has 1 aromatic heterocycles. The van der Waals surface area contributed by atoms with E-state index in [4.69, 9.17) is 5.11 Å². The average molecular weight is 298 g/mol. The molecule has 116 valence electrons. The van der Waals surface area contributed by atoms with Crippen LogP contribution >= 0.6 is 0 Å². The zero-order valence-corrected chi connectivity index (χ0v) is 13.1. The second-order valence-corrected chi connectivity index (χ2v) is 6.30. The number of benzene rings is 1. The van der Waals surface area contributed by atoms with E-state index in [1.54, 1.807) is 0 Å². The van der Waals surface area contributed by atoms with Gasteiger partial charge in [-0.2, -0.15) is 0 Å². The van der Waals surface area contributed by atoms with Gasteiger partial charge < -0.3 is 9.67 Å². The second-order valence-electron chi connectivity index (χ2n) is 6.30. The van der Waals surface area contributed by atoms with Gasteiger partial charge in [-0.3, -0.25) is 4.79 Å². The molecule has 1 N–H and O–H groups in total. The molecule has 0 amide bonds. The molecule has 0 aliphatic heterocycles. The molecule has 0 unspecified atom stereocenters. The number of hydrogen-bond acceptors (Lipinski definition) is 2. The van der Waals surface area contributed by atoms with Gasteiger partial charge in [0.1, 0.15) is 5.82 Å². The minimum absolute atomic E-state index is 0.176. The first-order valence-electron chi connectivity index (χ1n) is 7.89. The van der Waals surface area contributed by atoms with Crippen LogP contribution in [0.3, 0.4) is 0 Å². The van der Waals surface area contributed by atoms with Gasteiger partial charge in [-0.15, -0.1) is 0 Å².